The van der Waals surface area contributed by atoms with Gasteiger partial charge in [0.25, 0.3) is 0 Å². The summed E-state index contributed by atoms with van der Waals surface area (Å²) >= 11 is 5.51. The van der Waals surface area contributed by atoms with Gasteiger partial charge < -0.3 is 0 Å². The van der Waals surface area contributed by atoms with E-state index >= 15 is 0 Å². The number of benzene rings is 1. The Kier molecular flexibility index (Phi) is 3.38. The van der Waals surface area contributed by atoms with E-state index in [1.807, 2.05) is 6.92 Å². The molecule has 98 valence electrons. The number of carbonyl (C=O) groups excluding carboxylic acids is 1. The number of hydrogen-bond donors (Lipinski definition) is 0. The molecule has 6 heteroatoms. The molecule has 0 saturated heterocycles. The molecule has 1 aliphatic heterocycles. The summed E-state index contributed by atoms with van der Waals surface area (Å²) in [7, 11) is -3.28. The predicted octanol–water partition coefficient (Wildman–Crippen LogP) is 1.82. The Labute approximate surface area is 112 Å². The first-order valence-electron chi connectivity index (χ1n) is 5.56. The lowest BCUT2D eigenvalue weighted by Crippen LogP contribution is -2.34. The molecule has 1 atom stereocenters. The molecule has 0 fully saturated rings. The van der Waals surface area contributed by atoms with Crippen molar-refractivity contribution in [3.8, 4) is 0 Å². The fourth-order valence-corrected chi connectivity index (χ4v) is 3.78. The summed E-state index contributed by atoms with van der Waals surface area (Å²) in [4.78, 5) is 11.5. The number of carbonyl (C=O) groups is 1. The van der Waals surface area contributed by atoms with Crippen LogP contribution >= 0.6 is 11.6 Å². The Morgan fingerprint density at radius 2 is 2.17 bits per heavy atom. The molecule has 2 rings (SSSR count). The summed E-state index contributed by atoms with van der Waals surface area (Å²) in [5, 5.41) is 0. The van der Waals surface area contributed by atoms with Crippen LogP contribution < -0.4 is 4.31 Å². The van der Waals surface area contributed by atoms with Crippen LogP contribution in [0.5, 0.6) is 0 Å². The van der Waals surface area contributed by atoms with Gasteiger partial charge in [-0.25, -0.2) is 8.42 Å². The molecule has 1 heterocycles. The highest BCUT2D eigenvalue weighted by Gasteiger charge is 2.32. The van der Waals surface area contributed by atoms with Gasteiger partial charge in [0.1, 0.15) is 0 Å². The van der Waals surface area contributed by atoms with Crippen molar-refractivity contribution in [3.05, 3.63) is 29.3 Å². The van der Waals surface area contributed by atoms with Gasteiger partial charge in [-0.3, -0.25) is 9.10 Å². The van der Waals surface area contributed by atoms with Crippen molar-refractivity contribution in [1.29, 1.82) is 0 Å². The zero-order valence-corrected chi connectivity index (χ0v) is 11.8. The van der Waals surface area contributed by atoms with Crippen LogP contribution in [0, 0.1) is 0 Å². The second-order valence-corrected chi connectivity index (χ2v) is 6.64. The zero-order valence-electron chi connectivity index (χ0n) is 10.2. The van der Waals surface area contributed by atoms with E-state index in [0.29, 0.717) is 17.7 Å². The van der Waals surface area contributed by atoms with Gasteiger partial charge in [0.2, 0.25) is 10.0 Å². The SMILES string of the molecule is CC1Cc2cc(C(=O)CCl)ccc2N1S(C)(=O)=O. The summed E-state index contributed by atoms with van der Waals surface area (Å²) in [5.41, 5.74) is 2.08. The highest BCUT2D eigenvalue weighted by Crippen LogP contribution is 2.34. The number of fused-ring (bicyclic) bond motifs is 1. The fourth-order valence-electron chi connectivity index (χ4n) is 2.36. The number of Topliss-reactive ketones (excluding diaryl/α,β-unsaturated/α-hetero) is 1. The number of anilines is 1. The van der Waals surface area contributed by atoms with E-state index in [1.165, 1.54) is 10.6 Å². The highest BCUT2D eigenvalue weighted by atomic mass is 35.5. The van der Waals surface area contributed by atoms with Gasteiger partial charge in [-0.05, 0) is 37.1 Å². The van der Waals surface area contributed by atoms with E-state index in [2.05, 4.69) is 0 Å². The Hall–Kier alpha value is -1.07. The lowest BCUT2D eigenvalue weighted by atomic mass is 10.0. The molecule has 0 bridgehead atoms. The largest absolute Gasteiger partial charge is 0.293 e. The molecule has 1 unspecified atom stereocenters. The van der Waals surface area contributed by atoms with Crippen molar-refractivity contribution < 1.29 is 13.2 Å². The molecule has 0 spiro atoms. The number of rotatable bonds is 3. The first-order valence-corrected chi connectivity index (χ1v) is 7.94. The molecule has 0 aliphatic carbocycles. The smallest absolute Gasteiger partial charge is 0.232 e. The van der Waals surface area contributed by atoms with Gasteiger partial charge in [0, 0.05) is 11.6 Å². The molecule has 1 aliphatic rings. The van der Waals surface area contributed by atoms with Gasteiger partial charge in [0.15, 0.2) is 5.78 Å². The van der Waals surface area contributed by atoms with Gasteiger partial charge in [-0.1, -0.05) is 0 Å². The Morgan fingerprint density at radius 3 is 2.72 bits per heavy atom. The van der Waals surface area contributed by atoms with Gasteiger partial charge >= 0.3 is 0 Å². The van der Waals surface area contributed by atoms with Crippen molar-refractivity contribution >= 4 is 33.1 Å². The van der Waals surface area contributed by atoms with Crippen molar-refractivity contribution in [2.75, 3.05) is 16.4 Å². The molecule has 4 nitrogen and oxygen atoms in total. The quantitative estimate of drug-likeness (QED) is 0.629. The van der Waals surface area contributed by atoms with E-state index < -0.39 is 10.0 Å². The number of sulfonamides is 1. The van der Waals surface area contributed by atoms with E-state index in [1.54, 1.807) is 18.2 Å². The van der Waals surface area contributed by atoms with Gasteiger partial charge in [-0.15, -0.1) is 11.6 Å². The maximum Gasteiger partial charge on any atom is 0.232 e. The lowest BCUT2D eigenvalue weighted by Gasteiger charge is -2.21. The minimum atomic E-state index is -3.28. The van der Waals surface area contributed by atoms with Crippen molar-refractivity contribution in [2.24, 2.45) is 0 Å². The third-order valence-electron chi connectivity index (χ3n) is 3.03. The summed E-state index contributed by atoms with van der Waals surface area (Å²) in [6.45, 7) is 1.85. The van der Waals surface area contributed by atoms with Crippen LogP contribution in [0.3, 0.4) is 0 Å². The van der Waals surface area contributed by atoms with Crippen LogP contribution in [-0.4, -0.2) is 32.4 Å². The van der Waals surface area contributed by atoms with Crippen molar-refractivity contribution in [3.63, 3.8) is 0 Å². The topological polar surface area (TPSA) is 54.5 Å². The minimum Gasteiger partial charge on any atom is -0.293 e. The van der Waals surface area contributed by atoms with Crippen LogP contribution in [0.15, 0.2) is 18.2 Å². The molecule has 0 N–H and O–H groups in total. The fraction of sp³-hybridized carbons (Fsp3) is 0.417. The average Bonchev–Trinajstić information content (AvgIpc) is 2.62. The van der Waals surface area contributed by atoms with Crippen molar-refractivity contribution in [2.45, 2.75) is 19.4 Å². The number of hydrogen-bond acceptors (Lipinski definition) is 3. The number of alkyl halides is 1. The standard InChI is InChI=1S/C12H14ClNO3S/c1-8-5-10-6-9(12(15)7-13)3-4-11(10)14(8)18(2,16)17/h3-4,6,8H,5,7H2,1-2H3. The van der Waals surface area contributed by atoms with Crippen LogP contribution in [0.1, 0.15) is 22.8 Å². The predicted molar refractivity (Wildman–Crippen MR) is 72.0 cm³/mol. The first kappa shape index (κ1) is 13.4. The summed E-state index contributed by atoms with van der Waals surface area (Å²) < 4.78 is 24.8. The second-order valence-electron chi connectivity index (χ2n) is 4.51. The van der Waals surface area contributed by atoms with E-state index in [0.717, 1.165) is 5.56 Å². The van der Waals surface area contributed by atoms with Gasteiger partial charge in [0.05, 0.1) is 17.8 Å². The molecule has 1 aromatic carbocycles. The van der Waals surface area contributed by atoms with E-state index in [-0.39, 0.29) is 17.7 Å². The summed E-state index contributed by atoms with van der Waals surface area (Å²) in [6.07, 6.45) is 1.81. The summed E-state index contributed by atoms with van der Waals surface area (Å²) in [6, 6.07) is 4.93. The number of nitrogens with zero attached hydrogens (tertiary/aromatic N) is 1. The van der Waals surface area contributed by atoms with Gasteiger partial charge in [-0.2, -0.15) is 0 Å². The van der Waals surface area contributed by atoms with E-state index in [9.17, 15) is 13.2 Å². The average molecular weight is 288 g/mol. The Balaban J connectivity index is 2.48. The van der Waals surface area contributed by atoms with Crippen molar-refractivity contribution in [1.82, 2.24) is 0 Å². The maximum absolute atomic E-state index is 11.7. The molecule has 0 aromatic heterocycles. The molecule has 0 radical (unpaired) electrons. The lowest BCUT2D eigenvalue weighted by molar-refractivity contribution is 0.102. The molecule has 0 amide bonds. The minimum absolute atomic E-state index is 0.0653. The first-order chi connectivity index (χ1) is 8.34. The van der Waals surface area contributed by atoms with Crippen LogP contribution in [0.25, 0.3) is 0 Å². The van der Waals surface area contributed by atoms with Crippen LogP contribution in [0.4, 0.5) is 5.69 Å². The van der Waals surface area contributed by atoms with Crippen LogP contribution in [-0.2, 0) is 16.4 Å². The Bertz CT molecular complexity index is 597. The summed E-state index contributed by atoms with van der Waals surface area (Å²) in [5.74, 6) is -0.214. The number of ketones is 1. The normalized spacial score (nSPS) is 18.8. The molecule has 1 aromatic rings. The van der Waals surface area contributed by atoms with Crippen LogP contribution in [0.2, 0.25) is 0 Å². The molecular weight excluding hydrogens is 274 g/mol. The molecule has 18 heavy (non-hydrogen) atoms. The number of halogens is 1. The van der Waals surface area contributed by atoms with E-state index in [4.69, 9.17) is 11.6 Å². The monoisotopic (exact) mass is 287 g/mol. The maximum atomic E-state index is 11.7. The Morgan fingerprint density at radius 1 is 1.50 bits per heavy atom. The molecular formula is C12H14ClNO3S. The second kappa shape index (κ2) is 4.55. The zero-order chi connectivity index (χ0) is 13.5. The third-order valence-corrected chi connectivity index (χ3v) is 4.55. The highest BCUT2D eigenvalue weighted by molar-refractivity contribution is 7.92. The third kappa shape index (κ3) is 2.24. The molecule has 0 saturated carbocycles.